The molecule has 1 heterocycles. The van der Waals surface area contributed by atoms with Gasteiger partial charge in [0.15, 0.2) is 6.61 Å². The van der Waals surface area contributed by atoms with E-state index in [1.807, 2.05) is 13.8 Å². The molecular formula is C36H40N4O9S2. The van der Waals surface area contributed by atoms with Gasteiger partial charge in [0, 0.05) is 34.2 Å². The summed E-state index contributed by atoms with van der Waals surface area (Å²) in [5, 5.41) is 15.9. The van der Waals surface area contributed by atoms with Crippen LogP contribution < -0.4 is 15.4 Å². The van der Waals surface area contributed by atoms with Gasteiger partial charge in [0.1, 0.15) is 29.5 Å². The first-order valence-corrected chi connectivity index (χ1v) is 19.3. The van der Waals surface area contributed by atoms with Gasteiger partial charge in [-0.05, 0) is 75.6 Å². The molecule has 0 aromatic heterocycles. The SMILES string of the molecule is C/C(NC1(C)CCCCC1)=C(/C(=O)OCc1ccc([N+](=O)[O-])cc1)N1C(=O)C(NC(=O)COc2ccccc2)C1SS(=O)(=O)c1ccc(C)cc1. The van der Waals surface area contributed by atoms with E-state index in [-0.39, 0.29) is 22.9 Å². The monoisotopic (exact) mass is 736 g/mol. The third kappa shape index (κ3) is 9.27. The first kappa shape index (κ1) is 37.4. The molecule has 2 N–H and O–H groups in total. The number of nitro benzene ring substituents is 1. The topological polar surface area (TPSA) is 174 Å². The van der Waals surface area contributed by atoms with Gasteiger partial charge in [0.05, 0.1) is 9.82 Å². The van der Waals surface area contributed by atoms with Gasteiger partial charge in [-0.25, -0.2) is 13.2 Å². The molecule has 270 valence electrons. The summed E-state index contributed by atoms with van der Waals surface area (Å²) in [6.07, 6.45) is 4.62. The Labute approximate surface area is 300 Å². The third-order valence-electron chi connectivity index (χ3n) is 8.76. The van der Waals surface area contributed by atoms with E-state index in [2.05, 4.69) is 10.6 Å². The minimum absolute atomic E-state index is 0.00859. The number of carbonyl (C=O) groups is 3. The number of allylic oxidation sites excluding steroid dienone is 1. The number of aryl methyl sites for hydroxylation is 1. The second-order valence-electron chi connectivity index (χ2n) is 12.8. The first-order valence-electron chi connectivity index (χ1n) is 16.5. The van der Waals surface area contributed by atoms with Crippen LogP contribution in [-0.4, -0.2) is 59.6 Å². The number of para-hydroxylation sites is 1. The summed E-state index contributed by atoms with van der Waals surface area (Å²) in [6, 6.07) is 19.0. The normalized spacial score (nSPS) is 18.9. The van der Waals surface area contributed by atoms with Crippen LogP contribution in [0.25, 0.3) is 0 Å². The average molecular weight is 737 g/mol. The fraction of sp³-hybridized carbons (Fsp3) is 0.361. The van der Waals surface area contributed by atoms with Gasteiger partial charge in [-0.1, -0.05) is 55.2 Å². The number of hydrogen-bond donors (Lipinski definition) is 2. The van der Waals surface area contributed by atoms with Crippen molar-refractivity contribution in [3.05, 3.63) is 111 Å². The Morgan fingerprint density at radius 3 is 2.27 bits per heavy atom. The molecule has 1 saturated carbocycles. The standard InChI is InChI=1S/C36H40N4O9S2/c1-24-12-18-29(19-13-24)51(46,47)50-34-31(37-30(41)23-48-28-10-6-4-7-11-28)33(42)39(34)32(25(2)38-36(3)20-8-5-9-21-36)35(43)49-22-26-14-16-27(17-15-26)40(44)45/h4,6-7,10-19,31,34,38H,5,8-9,20-23H2,1-3H3,(H,37,41)/b32-25+. The Hall–Kier alpha value is -4.89. The van der Waals surface area contributed by atoms with Crippen molar-refractivity contribution in [1.82, 2.24) is 15.5 Å². The Bertz CT molecular complexity index is 1890. The van der Waals surface area contributed by atoms with E-state index in [4.69, 9.17) is 9.47 Å². The van der Waals surface area contributed by atoms with Crippen LogP contribution >= 0.6 is 10.8 Å². The zero-order chi connectivity index (χ0) is 36.8. The molecule has 15 heteroatoms. The number of rotatable bonds is 14. The quantitative estimate of drug-likeness (QED) is 0.0546. The molecule has 3 aromatic rings. The number of amides is 2. The lowest BCUT2D eigenvalue weighted by Crippen LogP contribution is -2.70. The van der Waals surface area contributed by atoms with E-state index in [1.54, 1.807) is 49.4 Å². The number of ether oxygens (including phenoxy) is 2. The molecule has 1 aliphatic carbocycles. The van der Waals surface area contributed by atoms with Gasteiger partial charge in [0.2, 0.25) is 8.87 Å². The lowest BCUT2D eigenvalue weighted by molar-refractivity contribution is -0.384. The highest BCUT2D eigenvalue weighted by Gasteiger charge is 2.55. The number of benzene rings is 3. The van der Waals surface area contributed by atoms with Crippen molar-refractivity contribution >= 4 is 43.1 Å². The fourth-order valence-corrected chi connectivity index (χ4v) is 9.50. The Morgan fingerprint density at radius 1 is 1.00 bits per heavy atom. The minimum atomic E-state index is -4.12. The number of nitrogens with one attached hydrogen (secondary N) is 2. The molecule has 13 nitrogen and oxygen atoms in total. The van der Waals surface area contributed by atoms with Gasteiger partial charge in [-0.3, -0.25) is 24.6 Å². The summed E-state index contributed by atoms with van der Waals surface area (Å²) in [5.74, 6) is -1.86. The van der Waals surface area contributed by atoms with Crippen LogP contribution in [0, 0.1) is 17.0 Å². The molecule has 2 aliphatic rings. The minimum Gasteiger partial charge on any atom is -0.484 e. The van der Waals surface area contributed by atoms with Gasteiger partial charge < -0.3 is 20.1 Å². The van der Waals surface area contributed by atoms with E-state index in [9.17, 15) is 32.9 Å². The highest BCUT2D eigenvalue weighted by Crippen LogP contribution is 2.41. The van der Waals surface area contributed by atoms with E-state index in [1.165, 1.54) is 36.4 Å². The first-order chi connectivity index (χ1) is 24.3. The largest absolute Gasteiger partial charge is 0.484 e. The molecular weight excluding hydrogens is 697 g/mol. The fourth-order valence-electron chi connectivity index (χ4n) is 6.04. The highest BCUT2D eigenvalue weighted by molar-refractivity contribution is 8.72. The van der Waals surface area contributed by atoms with Crippen molar-refractivity contribution in [3.63, 3.8) is 0 Å². The van der Waals surface area contributed by atoms with Gasteiger partial charge >= 0.3 is 5.97 Å². The van der Waals surface area contributed by atoms with E-state index in [0.717, 1.165) is 42.6 Å². The summed E-state index contributed by atoms with van der Waals surface area (Å²) in [7, 11) is -3.68. The second kappa shape index (κ2) is 16.0. The summed E-state index contributed by atoms with van der Waals surface area (Å²) in [6.45, 7) is 4.77. The summed E-state index contributed by atoms with van der Waals surface area (Å²) in [4.78, 5) is 52.6. The summed E-state index contributed by atoms with van der Waals surface area (Å²) in [5.41, 5.74) is 0.883. The van der Waals surface area contributed by atoms with E-state index >= 15 is 0 Å². The predicted molar refractivity (Wildman–Crippen MR) is 191 cm³/mol. The highest BCUT2D eigenvalue weighted by atomic mass is 33.1. The Balaban J connectivity index is 1.46. The van der Waals surface area contributed by atoms with Crippen LogP contribution in [0.15, 0.2) is 95.2 Å². The van der Waals surface area contributed by atoms with E-state index in [0.29, 0.717) is 27.8 Å². The lowest BCUT2D eigenvalue weighted by atomic mass is 9.83. The van der Waals surface area contributed by atoms with Gasteiger partial charge in [0.25, 0.3) is 17.5 Å². The lowest BCUT2D eigenvalue weighted by Gasteiger charge is -2.47. The molecule has 2 amide bonds. The smallest absolute Gasteiger partial charge is 0.357 e. The number of likely N-dealkylation sites (tertiary alicyclic amines) is 1. The molecule has 2 unspecified atom stereocenters. The van der Waals surface area contributed by atoms with Gasteiger partial charge in [-0.2, -0.15) is 0 Å². The average Bonchev–Trinajstić information content (AvgIpc) is 3.11. The molecule has 3 aromatic carbocycles. The van der Waals surface area contributed by atoms with Crippen LogP contribution in [0.2, 0.25) is 0 Å². The van der Waals surface area contributed by atoms with Crippen LogP contribution in [-0.2, 0) is 34.6 Å². The maximum absolute atomic E-state index is 14.0. The molecule has 0 radical (unpaired) electrons. The molecule has 1 aliphatic heterocycles. The molecule has 51 heavy (non-hydrogen) atoms. The van der Waals surface area contributed by atoms with Crippen LogP contribution in [0.4, 0.5) is 5.69 Å². The number of nitro groups is 1. The third-order valence-corrected chi connectivity index (χ3v) is 12.5. The number of hydrogen-bond acceptors (Lipinski definition) is 11. The maximum atomic E-state index is 14.0. The van der Waals surface area contributed by atoms with Crippen molar-refractivity contribution in [1.29, 1.82) is 0 Å². The molecule has 1 saturated heterocycles. The number of carbonyl (C=O) groups excluding carboxylic acids is 3. The summed E-state index contributed by atoms with van der Waals surface area (Å²) >= 11 is 0. The molecule has 0 spiro atoms. The van der Waals surface area contributed by atoms with Gasteiger partial charge in [-0.15, -0.1) is 0 Å². The number of non-ortho nitro benzene ring substituents is 1. The van der Waals surface area contributed by atoms with Crippen molar-refractivity contribution in [2.75, 3.05) is 6.61 Å². The number of β-lactam (4-membered cyclic amide) rings is 1. The number of esters is 1. The Morgan fingerprint density at radius 2 is 1.65 bits per heavy atom. The molecule has 5 rings (SSSR count). The van der Waals surface area contributed by atoms with Crippen molar-refractivity contribution in [3.8, 4) is 5.75 Å². The van der Waals surface area contributed by atoms with Crippen LogP contribution in [0.3, 0.4) is 0 Å². The molecule has 0 bridgehead atoms. The zero-order valence-corrected chi connectivity index (χ0v) is 30.1. The maximum Gasteiger partial charge on any atom is 0.357 e. The van der Waals surface area contributed by atoms with E-state index < -0.39 is 55.1 Å². The second-order valence-corrected chi connectivity index (χ2v) is 16.8. The number of nitrogens with zero attached hydrogens (tertiary/aromatic N) is 2. The zero-order valence-electron chi connectivity index (χ0n) is 28.5. The Kier molecular flexibility index (Phi) is 11.7. The van der Waals surface area contributed by atoms with Crippen LogP contribution in [0.5, 0.6) is 5.75 Å². The van der Waals surface area contributed by atoms with Crippen LogP contribution in [0.1, 0.15) is 57.1 Å². The van der Waals surface area contributed by atoms with Crippen molar-refractivity contribution in [2.45, 2.75) is 81.3 Å². The molecule has 2 atom stereocenters. The van der Waals surface area contributed by atoms with Crippen molar-refractivity contribution in [2.24, 2.45) is 0 Å². The van der Waals surface area contributed by atoms with Crippen molar-refractivity contribution < 1.29 is 37.2 Å². The molecule has 2 fully saturated rings. The summed E-state index contributed by atoms with van der Waals surface area (Å²) < 4.78 is 38.7. The predicted octanol–water partition coefficient (Wildman–Crippen LogP) is 5.34.